The molecule has 0 aliphatic carbocycles. The van der Waals surface area contributed by atoms with Gasteiger partial charge in [0.05, 0.1) is 18.5 Å². The zero-order chi connectivity index (χ0) is 12.7. The summed E-state index contributed by atoms with van der Waals surface area (Å²) in [5.41, 5.74) is 0. The number of rotatable bonds is 8. The molecule has 1 rings (SSSR count). The molecule has 0 saturated heterocycles. The lowest BCUT2D eigenvalue weighted by Gasteiger charge is -2.04. The lowest BCUT2D eigenvalue weighted by Crippen LogP contribution is -2.31. The highest BCUT2D eigenvalue weighted by atomic mass is 32.2. The molecule has 0 saturated carbocycles. The highest BCUT2D eigenvalue weighted by Crippen LogP contribution is 2.04. The second kappa shape index (κ2) is 6.73. The summed E-state index contributed by atoms with van der Waals surface area (Å²) in [6.07, 6.45) is 2.36. The molecule has 0 amide bonds. The number of hydrogen-bond donors (Lipinski definition) is 2. The third kappa shape index (κ3) is 5.29. The van der Waals surface area contributed by atoms with Crippen LogP contribution in [0.2, 0.25) is 0 Å². The summed E-state index contributed by atoms with van der Waals surface area (Å²) in [7, 11) is -3.26. The minimum atomic E-state index is -3.26. The Bertz CT molecular complexity index is 428. The van der Waals surface area contributed by atoms with E-state index in [0.29, 0.717) is 12.4 Å². The lowest BCUT2D eigenvalue weighted by molar-refractivity contribution is 0.452. The Morgan fingerprint density at radius 2 is 2.18 bits per heavy atom. The lowest BCUT2D eigenvalue weighted by atomic mass is 10.4. The molecule has 0 fully saturated rings. The molecule has 0 aromatic carbocycles. The summed E-state index contributed by atoms with van der Waals surface area (Å²) in [4.78, 5) is 3.98. The van der Waals surface area contributed by atoms with Crippen LogP contribution in [0.4, 0.5) is 0 Å². The molecular weight excluding hydrogens is 242 g/mol. The van der Waals surface area contributed by atoms with Crippen molar-refractivity contribution in [3.8, 4) is 0 Å². The van der Waals surface area contributed by atoms with Crippen LogP contribution in [0, 0.1) is 0 Å². The number of aromatic nitrogens is 1. The molecule has 0 spiro atoms. The number of oxazole rings is 1. The van der Waals surface area contributed by atoms with E-state index in [4.69, 9.17) is 4.42 Å². The van der Waals surface area contributed by atoms with E-state index in [2.05, 4.69) is 15.0 Å². The second-order valence-corrected chi connectivity index (χ2v) is 5.49. The van der Waals surface area contributed by atoms with Crippen molar-refractivity contribution in [2.75, 3.05) is 18.8 Å². The maximum Gasteiger partial charge on any atom is 0.213 e. The van der Waals surface area contributed by atoms with Crippen molar-refractivity contribution in [3.05, 3.63) is 17.8 Å². The Labute approximate surface area is 102 Å². The van der Waals surface area contributed by atoms with Gasteiger partial charge < -0.3 is 9.73 Å². The van der Waals surface area contributed by atoms with Crippen molar-refractivity contribution in [2.45, 2.75) is 26.8 Å². The smallest absolute Gasteiger partial charge is 0.213 e. The first kappa shape index (κ1) is 14.1. The number of nitrogens with zero attached hydrogens (tertiary/aromatic N) is 1. The fourth-order valence-corrected chi connectivity index (χ4v) is 2.12. The Balaban J connectivity index is 2.38. The summed E-state index contributed by atoms with van der Waals surface area (Å²) < 4.78 is 30.8. The number of hydrogen-bond acceptors (Lipinski definition) is 5. The van der Waals surface area contributed by atoms with Gasteiger partial charge in [-0.1, -0.05) is 13.8 Å². The Kier molecular flexibility index (Phi) is 5.60. The molecule has 0 aliphatic rings. The average molecular weight is 261 g/mol. The minimum absolute atomic E-state index is 0.0577. The number of sulfonamides is 1. The van der Waals surface area contributed by atoms with Crippen LogP contribution in [0.5, 0.6) is 0 Å². The van der Waals surface area contributed by atoms with E-state index in [1.165, 1.54) is 0 Å². The molecule has 0 aliphatic heterocycles. The first-order valence-electron chi connectivity index (χ1n) is 5.69. The summed E-state index contributed by atoms with van der Waals surface area (Å²) in [6.45, 7) is 5.19. The fourth-order valence-electron chi connectivity index (χ4n) is 1.22. The van der Waals surface area contributed by atoms with E-state index in [9.17, 15) is 8.42 Å². The molecule has 1 heterocycles. The van der Waals surface area contributed by atoms with E-state index in [0.717, 1.165) is 18.7 Å². The average Bonchev–Trinajstić information content (AvgIpc) is 2.75. The van der Waals surface area contributed by atoms with Crippen LogP contribution in [0.1, 0.15) is 25.5 Å². The molecule has 0 bridgehead atoms. The maximum atomic E-state index is 11.5. The summed E-state index contributed by atoms with van der Waals surface area (Å²) in [5, 5.41) is 2.96. The topological polar surface area (TPSA) is 84.2 Å². The van der Waals surface area contributed by atoms with Gasteiger partial charge in [-0.05, 0) is 6.54 Å². The quantitative estimate of drug-likeness (QED) is 0.656. The van der Waals surface area contributed by atoms with Crippen molar-refractivity contribution in [3.63, 3.8) is 0 Å². The monoisotopic (exact) mass is 261 g/mol. The van der Waals surface area contributed by atoms with E-state index in [1.54, 1.807) is 6.20 Å². The van der Waals surface area contributed by atoms with Gasteiger partial charge in [0.2, 0.25) is 15.9 Å². The van der Waals surface area contributed by atoms with Gasteiger partial charge in [0.1, 0.15) is 5.76 Å². The van der Waals surface area contributed by atoms with Crippen LogP contribution in [-0.4, -0.2) is 32.2 Å². The Hall–Kier alpha value is -0.920. The van der Waals surface area contributed by atoms with Crippen molar-refractivity contribution in [2.24, 2.45) is 0 Å². The highest BCUT2D eigenvalue weighted by molar-refractivity contribution is 7.89. The largest absolute Gasteiger partial charge is 0.444 e. The summed E-state index contributed by atoms with van der Waals surface area (Å²) >= 11 is 0. The highest BCUT2D eigenvalue weighted by Gasteiger charge is 2.11. The number of nitrogens with one attached hydrogen (secondary N) is 2. The molecule has 7 heteroatoms. The van der Waals surface area contributed by atoms with Gasteiger partial charge in [-0.25, -0.2) is 18.1 Å². The molecule has 1 aromatic rings. The van der Waals surface area contributed by atoms with Gasteiger partial charge in [0.25, 0.3) is 0 Å². The molecule has 17 heavy (non-hydrogen) atoms. The number of aryl methyl sites for hydroxylation is 1. The van der Waals surface area contributed by atoms with Gasteiger partial charge in [-0.2, -0.15) is 0 Å². The Morgan fingerprint density at radius 3 is 2.76 bits per heavy atom. The van der Waals surface area contributed by atoms with Crippen molar-refractivity contribution in [1.82, 2.24) is 15.0 Å². The van der Waals surface area contributed by atoms with Crippen molar-refractivity contribution >= 4 is 10.0 Å². The molecule has 0 atom stereocenters. The molecule has 6 nitrogen and oxygen atoms in total. The molecule has 0 radical (unpaired) electrons. The third-order valence-electron chi connectivity index (χ3n) is 2.19. The maximum absolute atomic E-state index is 11.5. The molecule has 98 valence electrons. The fraction of sp³-hybridized carbons (Fsp3) is 0.700. The van der Waals surface area contributed by atoms with E-state index < -0.39 is 10.0 Å². The van der Waals surface area contributed by atoms with Crippen LogP contribution in [0.15, 0.2) is 10.6 Å². The molecular formula is C10H19N3O3S. The van der Waals surface area contributed by atoms with Gasteiger partial charge in [0.15, 0.2) is 0 Å². The van der Waals surface area contributed by atoms with Crippen molar-refractivity contribution < 1.29 is 12.8 Å². The van der Waals surface area contributed by atoms with Gasteiger partial charge in [-0.3, -0.25) is 0 Å². The first-order valence-corrected chi connectivity index (χ1v) is 7.34. The zero-order valence-electron chi connectivity index (χ0n) is 10.2. The van der Waals surface area contributed by atoms with Crippen LogP contribution in [-0.2, 0) is 23.0 Å². The van der Waals surface area contributed by atoms with Crippen LogP contribution >= 0.6 is 0 Å². The summed E-state index contributed by atoms with van der Waals surface area (Å²) in [5.74, 6) is 1.21. The molecule has 1 aromatic heterocycles. The third-order valence-corrected chi connectivity index (χ3v) is 3.52. The zero-order valence-corrected chi connectivity index (χ0v) is 11.0. The second-order valence-electron chi connectivity index (χ2n) is 3.57. The van der Waals surface area contributed by atoms with Gasteiger partial charge >= 0.3 is 0 Å². The molecule has 2 N–H and O–H groups in total. The molecule has 0 unspecified atom stereocenters. The van der Waals surface area contributed by atoms with Crippen LogP contribution in [0.25, 0.3) is 0 Å². The van der Waals surface area contributed by atoms with Gasteiger partial charge in [-0.15, -0.1) is 0 Å². The van der Waals surface area contributed by atoms with E-state index in [1.807, 2.05) is 13.8 Å². The Morgan fingerprint density at radius 1 is 1.41 bits per heavy atom. The SMILES string of the molecule is CCNCCS(=O)(=O)NCc1ncc(CC)o1. The van der Waals surface area contributed by atoms with Crippen molar-refractivity contribution in [1.29, 1.82) is 0 Å². The van der Waals surface area contributed by atoms with Crippen LogP contribution < -0.4 is 10.0 Å². The summed E-state index contributed by atoms with van der Waals surface area (Å²) in [6, 6.07) is 0. The normalized spacial score (nSPS) is 11.9. The predicted octanol–water partition coefficient (Wildman–Crippen LogP) is 0.266. The first-order chi connectivity index (χ1) is 8.07. The van der Waals surface area contributed by atoms with Gasteiger partial charge in [0, 0.05) is 13.0 Å². The van der Waals surface area contributed by atoms with E-state index in [-0.39, 0.29) is 12.3 Å². The van der Waals surface area contributed by atoms with E-state index >= 15 is 0 Å². The standard InChI is InChI=1S/C10H19N3O3S/c1-3-9-7-12-10(16-9)8-13-17(14,15)6-5-11-4-2/h7,11,13H,3-6,8H2,1-2H3. The minimum Gasteiger partial charge on any atom is -0.444 e. The van der Waals surface area contributed by atoms with Crippen LogP contribution in [0.3, 0.4) is 0 Å². The predicted molar refractivity (Wildman–Crippen MR) is 65.1 cm³/mol.